The molecule has 1 aromatic rings. The molecule has 1 aromatic heterocycles. The Labute approximate surface area is 83.1 Å². The molecule has 1 rings (SSSR count). The third-order valence-corrected chi connectivity index (χ3v) is 2.13. The lowest BCUT2D eigenvalue weighted by Crippen LogP contribution is -2.34. The fraction of sp³-hybridized carbons (Fsp3) is 0.556. The lowest BCUT2D eigenvalue weighted by Gasteiger charge is -2.11. The van der Waals surface area contributed by atoms with Gasteiger partial charge in [-0.1, -0.05) is 6.92 Å². The average molecular weight is 196 g/mol. The molecule has 1 amide bonds. The van der Waals surface area contributed by atoms with Crippen LogP contribution in [-0.4, -0.2) is 22.4 Å². The molecule has 1 heterocycles. The Hall–Kier alpha value is -1.36. The van der Waals surface area contributed by atoms with Gasteiger partial charge in [0.05, 0.1) is 6.54 Å². The largest absolute Gasteiger partial charge is 0.349 e. The van der Waals surface area contributed by atoms with Crippen molar-refractivity contribution in [2.45, 2.75) is 19.9 Å². The van der Waals surface area contributed by atoms with E-state index in [2.05, 4.69) is 15.3 Å². The topological polar surface area (TPSA) is 83.8 Å². The van der Waals surface area contributed by atoms with Gasteiger partial charge >= 0.3 is 0 Å². The molecule has 78 valence electrons. The second-order valence-corrected chi connectivity index (χ2v) is 3.09. The van der Waals surface area contributed by atoms with Crippen LogP contribution in [-0.2, 0) is 11.3 Å². The molecule has 5 heteroatoms. The zero-order chi connectivity index (χ0) is 10.4. The summed E-state index contributed by atoms with van der Waals surface area (Å²) in [5.74, 6) is 0.654. The van der Waals surface area contributed by atoms with Gasteiger partial charge in [0.25, 0.3) is 0 Å². The number of imidazole rings is 1. The Bertz CT molecular complexity index is 266. The van der Waals surface area contributed by atoms with E-state index in [1.165, 1.54) is 0 Å². The number of rotatable bonds is 5. The molecule has 14 heavy (non-hydrogen) atoms. The summed E-state index contributed by atoms with van der Waals surface area (Å²) in [6.45, 7) is 2.77. The number of carbonyl (C=O) groups is 1. The van der Waals surface area contributed by atoms with Crippen molar-refractivity contribution in [3.63, 3.8) is 0 Å². The van der Waals surface area contributed by atoms with Gasteiger partial charge in [-0.3, -0.25) is 4.79 Å². The fourth-order valence-corrected chi connectivity index (χ4v) is 1.17. The first kappa shape index (κ1) is 10.7. The predicted molar refractivity (Wildman–Crippen MR) is 53.3 cm³/mol. The number of hydrogen-bond donors (Lipinski definition) is 3. The first-order chi connectivity index (χ1) is 6.77. The van der Waals surface area contributed by atoms with E-state index in [-0.39, 0.29) is 11.8 Å². The van der Waals surface area contributed by atoms with E-state index in [9.17, 15) is 4.79 Å². The smallest absolute Gasteiger partial charge is 0.224 e. The summed E-state index contributed by atoms with van der Waals surface area (Å²) < 4.78 is 0. The predicted octanol–water partition coefficient (Wildman–Crippen LogP) is 0.0108. The molecule has 0 aromatic carbocycles. The highest BCUT2D eigenvalue weighted by Gasteiger charge is 2.13. The SMILES string of the molecule is CCC(CN)C(=O)NCc1ncc[nH]1. The van der Waals surface area contributed by atoms with Crippen LogP contribution in [0.15, 0.2) is 12.4 Å². The summed E-state index contributed by atoms with van der Waals surface area (Å²) >= 11 is 0. The third-order valence-electron chi connectivity index (χ3n) is 2.13. The van der Waals surface area contributed by atoms with Crippen molar-refractivity contribution in [3.05, 3.63) is 18.2 Å². The Morgan fingerprint density at radius 3 is 3.07 bits per heavy atom. The van der Waals surface area contributed by atoms with Crippen molar-refractivity contribution in [3.8, 4) is 0 Å². The van der Waals surface area contributed by atoms with Crippen molar-refractivity contribution in [2.24, 2.45) is 11.7 Å². The summed E-state index contributed by atoms with van der Waals surface area (Å²) in [7, 11) is 0. The van der Waals surface area contributed by atoms with Gasteiger partial charge in [-0.15, -0.1) is 0 Å². The minimum Gasteiger partial charge on any atom is -0.349 e. The van der Waals surface area contributed by atoms with E-state index in [0.717, 1.165) is 12.2 Å². The molecular formula is C9H16N4O. The maximum atomic E-state index is 11.5. The number of nitrogens with zero attached hydrogens (tertiary/aromatic N) is 1. The van der Waals surface area contributed by atoms with E-state index < -0.39 is 0 Å². The highest BCUT2D eigenvalue weighted by molar-refractivity contribution is 5.78. The van der Waals surface area contributed by atoms with Gasteiger partial charge in [-0.05, 0) is 6.42 Å². The molecule has 0 aliphatic heterocycles. The van der Waals surface area contributed by atoms with Gasteiger partial charge in [-0.2, -0.15) is 0 Å². The summed E-state index contributed by atoms with van der Waals surface area (Å²) in [4.78, 5) is 18.4. The molecule has 0 radical (unpaired) electrons. The zero-order valence-electron chi connectivity index (χ0n) is 8.29. The number of hydrogen-bond acceptors (Lipinski definition) is 3. The number of aromatic amines is 1. The number of H-pyrrole nitrogens is 1. The molecule has 4 N–H and O–H groups in total. The van der Waals surface area contributed by atoms with Crippen molar-refractivity contribution in [2.75, 3.05) is 6.54 Å². The number of carbonyl (C=O) groups excluding carboxylic acids is 1. The standard InChI is InChI=1S/C9H16N4O/c1-2-7(5-10)9(14)13-6-8-11-3-4-12-8/h3-4,7H,2,5-6,10H2,1H3,(H,11,12)(H,13,14). The Balaban J connectivity index is 2.34. The van der Waals surface area contributed by atoms with E-state index in [4.69, 9.17) is 5.73 Å². The summed E-state index contributed by atoms with van der Waals surface area (Å²) in [5.41, 5.74) is 5.45. The maximum Gasteiger partial charge on any atom is 0.224 e. The van der Waals surface area contributed by atoms with Crippen LogP contribution >= 0.6 is 0 Å². The van der Waals surface area contributed by atoms with Crippen LogP contribution in [0.3, 0.4) is 0 Å². The second kappa shape index (κ2) is 5.39. The molecule has 0 saturated carbocycles. The van der Waals surface area contributed by atoms with E-state index in [1.807, 2.05) is 6.92 Å². The first-order valence-corrected chi connectivity index (χ1v) is 4.74. The average Bonchev–Trinajstić information content (AvgIpc) is 2.69. The van der Waals surface area contributed by atoms with Crippen molar-refractivity contribution in [1.82, 2.24) is 15.3 Å². The minimum absolute atomic E-state index is 0.00796. The lowest BCUT2D eigenvalue weighted by atomic mass is 10.1. The van der Waals surface area contributed by atoms with Crippen LogP contribution in [0.25, 0.3) is 0 Å². The van der Waals surface area contributed by atoms with Crippen LogP contribution in [0.4, 0.5) is 0 Å². The molecule has 0 bridgehead atoms. The number of nitrogens with two attached hydrogens (primary N) is 1. The van der Waals surface area contributed by atoms with Gasteiger partial charge < -0.3 is 16.0 Å². The monoisotopic (exact) mass is 196 g/mol. The normalized spacial score (nSPS) is 12.4. The van der Waals surface area contributed by atoms with Crippen LogP contribution in [0.1, 0.15) is 19.2 Å². The van der Waals surface area contributed by atoms with E-state index in [1.54, 1.807) is 12.4 Å². The molecule has 1 atom stereocenters. The molecule has 0 aliphatic rings. The molecule has 0 saturated heterocycles. The molecule has 1 unspecified atom stereocenters. The maximum absolute atomic E-state index is 11.5. The molecule has 0 aliphatic carbocycles. The van der Waals surface area contributed by atoms with Crippen LogP contribution < -0.4 is 11.1 Å². The summed E-state index contributed by atoms with van der Waals surface area (Å²) in [6.07, 6.45) is 4.14. The third kappa shape index (κ3) is 2.85. The van der Waals surface area contributed by atoms with Crippen molar-refractivity contribution >= 4 is 5.91 Å². The van der Waals surface area contributed by atoms with Crippen LogP contribution in [0, 0.1) is 5.92 Å². The quantitative estimate of drug-likeness (QED) is 0.620. The molecule has 0 fully saturated rings. The van der Waals surface area contributed by atoms with Gasteiger partial charge in [0.2, 0.25) is 5.91 Å². The Morgan fingerprint density at radius 2 is 2.57 bits per heavy atom. The highest BCUT2D eigenvalue weighted by Crippen LogP contribution is 1.99. The van der Waals surface area contributed by atoms with Crippen molar-refractivity contribution < 1.29 is 4.79 Å². The van der Waals surface area contributed by atoms with Gasteiger partial charge in [0, 0.05) is 24.9 Å². The second-order valence-electron chi connectivity index (χ2n) is 3.09. The molecular weight excluding hydrogens is 180 g/mol. The summed E-state index contributed by atoms with van der Waals surface area (Å²) in [6, 6.07) is 0. The molecule has 0 spiro atoms. The van der Waals surface area contributed by atoms with Gasteiger partial charge in [0.15, 0.2) is 0 Å². The lowest BCUT2D eigenvalue weighted by molar-refractivity contribution is -0.125. The first-order valence-electron chi connectivity index (χ1n) is 4.74. The minimum atomic E-state index is -0.0926. The van der Waals surface area contributed by atoms with E-state index >= 15 is 0 Å². The highest BCUT2D eigenvalue weighted by atomic mass is 16.1. The van der Waals surface area contributed by atoms with Gasteiger partial charge in [0.1, 0.15) is 5.82 Å². The van der Waals surface area contributed by atoms with Gasteiger partial charge in [-0.25, -0.2) is 4.98 Å². The zero-order valence-corrected chi connectivity index (χ0v) is 8.29. The Morgan fingerprint density at radius 1 is 1.79 bits per heavy atom. The fourth-order valence-electron chi connectivity index (χ4n) is 1.17. The number of amides is 1. The van der Waals surface area contributed by atoms with Crippen molar-refractivity contribution in [1.29, 1.82) is 0 Å². The van der Waals surface area contributed by atoms with Crippen LogP contribution in [0.5, 0.6) is 0 Å². The number of aromatic nitrogens is 2. The molecule has 5 nitrogen and oxygen atoms in total. The van der Waals surface area contributed by atoms with E-state index in [0.29, 0.717) is 13.1 Å². The Kier molecular flexibility index (Phi) is 4.12. The summed E-state index contributed by atoms with van der Waals surface area (Å²) in [5, 5.41) is 2.77. The van der Waals surface area contributed by atoms with Crippen LogP contribution in [0.2, 0.25) is 0 Å². The number of nitrogens with one attached hydrogen (secondary N) is 2.